The Hall–Kier alpha value is -1.94. The lowest BCUT2D eigenvalue weighted by atomic mass is 10.2. The molecule has 0 saturated carbocycles. The van der Waals surface area contributed by atoms with E-state index in [0.717, 1.165) is 6.26 Å². The number of nitrogens with one attached hydrogen (secondary N) is 1. The highest BCUT2D eigenvalue weighted by atomic mass is 32.2. The second-order valence-corrected chi connectivity index (χ2v) is 6.78. The van der Waals surface area contributed by atoms with E-state index in [0.29, 0.717) is 25.1 Å². The molecule has 1 fully saturated rings. The van der Waals surface area contributed by atoms with E-state index in [4.69, 9.17) is 5.11 Å². The molecule has 2 N–H and O–H groups in total. The van der Waals surface area contributed by atoms with Gasteiger partial charge in [-0.25, -0.2) is 8.42 Å². The molecule has 1 aromatic heterocycles. The van der Waals surface area contributed by atoms with Crippen LogP contribution in [-0.2, 0) is 26.2 Å². The fourth-order valence-corrected chi connectivity index (χ4v) is 3.40. The maximum atomic E-state index is 12.1. The first-order chi connectivity index (χ1) is 9.77. The van der Waals surface area contributed by atoms with E-state index in [1.54, 1.807) is 0 Å². The Morgan fingerprint density at radius 3 is 2.86 bits per heavy atom. The van der Waals surface area contributed by atoms with Gasteiger partial charge in [0.15, 0.2) is 0 Å². The minimum Gasteiger partial charge on any atom is -0.480 e. The standard InChI is InChI=1S/C11H16N4O5S/c1-21(19,20)15-4-2-3-9(15)11(18)13-8-5-12-14(6-8)7-10(16)17/h5-6,9H,2-4,7H2,1H3,(H,13,18)(H,16,17). The first-order valence-corrected chi connectivity index (χ1v) is 8.14. The predicted octanol–water partition coefficient (Wildman–Crippen LogP) is -0.670. The summed E-state index contributed by atoms with van der Waals surface area (Å²) in [5, 5.41) is 15.0. The quantitative estimate of drug-likeness (QED) is 0.743. The number of aromatic nitrogens is 2. The Balaban J connectivity index is 2.04. The lowest BCUT2D eigenvalue weighted by Crippen LogP contribution is -2.42. The number of anilines is 1. The molecule has 1 atom stereocenters. The van der Waals surface area contributed by atoms with Gasteiger partial charge in [-0.15, -0.1) is 0 Å². The van der Waals surface area contributed by atoms with Crippen molar-refractivity contribution in [1.82, 2.24) is 14.1 Å². The van der Waals surface area contributed by atoms with Crippen molar-refractivity contribution in [3.63, 3.8) is 0 Å². The van der Waals surface area contributed by atoms with Crippen LogP contribution in [0.4, 0.5) is 5.69 Å². The third kappa shape index (κ3) is 3.79. The number of carbonyl (C=O) groups is 2. The molecule has 10 heteroatoms. The largest absolute Gasteiger partial charge is 0.480 e. The van der Waals surface area contributed by atoms with Gasteiger partial charge < -0.3 is 10.4 Å². The molecule has 1 amide bonds. The number of nitrogens with zero attached hydrogens (tertiary/aromatic N) is 3. The van der Waals surface area contributed by atoms with E-state index in [-0.39, 0.29) is 6.54 Å². The van der Waals surface area contributed by atoms with Crippen LogP contribution in [-0.4, -0.2) is 58.3 Å². The van der Waals surface area contributed by atoms with Crippen molar-refractivity contribution in [3.05, 3.63) is 12.4 Å². The molecule has 1 aromatic rings. The van der Waals surface area contributed by atoms with Crippen molar-refractivity contribution in [2.24, 2.45) is 0 Å². The summed E-state index contributed by atoms with van der Waals surface area (Å²) in [6, 6.07) is -0.733. The highest BCUT2D eigenvalue weighted by molar-refractivity contribution is 7.88. The molecule has 21 heavy (non-hydrogen) atoms. The van der Waals surface area contributed by atoms with Crippen LogP contribution in [0.15, 0.2) is 12.4 Å². The molecule has 1 aliphatic heterocycles. The fraction of sp³-hybridized carbons (Fsp3) is 0.545. The molecule has 116 valence electrons. The van der Waals surface area contributed by atoms with Crippen molar-refractivity contribution in [1.29, 1.82) is 0 Å². The smallest absolute Gasteiger partial charge is 0.325 e. The molecular weight excluding hydrogens is 300 g/mol. The van der Waals surface area contributed by atoms with Gasteiger partial charge in [0.1, 0.15) is 12.6 Å². The van der Waals surface area contributed by atoms with Gasteiger partial charge in [0.05, 0.1) is 18.1 Å². The normalized spacial score (nSPS) is 19.6. The summed E-state index contributed by atoms with van der Waals surface area (Å²) in [5.74, 6) is -1.48. The van der Waals surface area contributed by atoms with Crippen LogP contribution >= 0.6 is 0 Å². The van der Waals surface area contributed by atoms with Crippen LogP contribution in [0.3, 0.4) is 0 Å². The van der Waals surface area contributed by atoms with Crippen molar-refractivity contribution in [2.75, 3.05) is 18.1 Å². The van der Waals surface area contributed by atoms with Gasteiger partial charge in [-0.1, -0.05) is 0 Å². The number of carboxylic acid groups (broad SMARTS) is 1. The summed E-state index contributed by atoms with van der Waals surface area (Å²) in [6.45, 7) is 0.0178. The number of sulfonamides is 1. The van der Waals surface area contributed by atoms with Gasteiger partial charge in [0.25, 0.3) is 0 Å². The van der Waals surface area contributed by atoms with Gasteiger partial charge in [-0.3, -0.25) is 14.3 Å². The number of hydrogen-bond acceptors (Lipinski definition) is 5. The van der Waals surface area contributed by atoms with Gasteiger partial charge in [-0.05, 0) is 12.8 Å². The van der Waals surface area contributed by atoms with Crippen molar-refractivity contribution in [2.45, 2.75) is 25.4 Å². The number of carbonyl (C=O) groups excluding carboxylic acids is 1. The van der Waals surface area contributed by atoms with Gasteiger partial charge >= 0.3 is 5.97 Å². The maximum absolute atomic E-state index is 12.1. The number of aliphatic carboxylic acids is 1. The van der Waals surface area contributed by atoms with Crippen molar-refractivity contribution >= 4 is 27.6 Å². The zero-order valence-electron chi connectivity index (χ0n) is 11.4. The zero-order chi connectivity index (χ0) is 15.6. The van der Waals surface area contributed by atoms with Crippen LogP contribution < -0.4 is 5.32 Å². The van der Waals surface area contributed by atoms with Gasteiger partial charge in [0.2, 0.25) is 15.9 Å². The lowest BCUT2D eigenvalue weighted by Gasteiger charge is -2.20. The van der Waals surface area contributed by atoms with E-state index in [1.807, 2.05) is 0 Å². The topological polar surface area (TPSA) is 122 Å². The summed E-state index contributed by atoms with van der Waals surface area (Å²) < 4.78 is 25.5. The molecule has 0 bridgehead atoms. The Bertz CT molecular complexity index is 653. The van der Waals surface area contributed by atoms with E-state index in [2.05, 4.69) is 10.4 Å². The minimum absolute atomic E-state index is 0.311. The van der Waals surface area contributed by atoms with Gasteiger partial charge in [0, 0.05) is 12.7 Å². The summed E-state index contributed by atoms with van der Waals surface area (Å²) in [5.41, 5.74) is 0.335. The van der Waals surface area contributed by atoms with E-state index in [1.165, 1.54) is 21.4 Å². The molecule has 2 heterocycles. The molecule has 2 rings (SSSR count). The van der Waals surface area contributed by atoms with E-state index < -0.39 is 27.9 Å². The molecule has 0 aliphatic carbocycles. The average molecular weight is 316 g/mol. The Morgan fingerprint density at radius 1 is 1.52 bits per heavy atom. The molecule has 1 saturated heterocycles. The molecule has 9 nitrogen and oxygen atoms in total. The summed E-state index contributed by atoms with van der Waals surface area (Å²) in [6.07, 6.45) is 4.86. The van der Waals surface area contributed by atoms with Crippen LogP contribution in [0.1, 0.15) is 12.8 Å². The summed E-state index contributed by atoms with van der Waals surface area (Å²) >= 11 is 0. The Kier molecular flexibility index (Phi) is 4.28. The molecule has 1 unspecified atom stereocenters. The maximum Gasteiger partial charge on any atom is 0.325 e. The van der Waals surface area contributed by atoms with Gasteiger partial charge in [-0.2, -0.15) is 9.40 Å². The number of hydrogen-bond donors (Lipinski definition) is 2. The second kappa shape index (κ2) is 5.82. The third-order valence-electron chi connectivity index (χ3n) is 3.13. The molecule has 0 aromatic carbocycles. The van der Waals surface area contributed by atoms with E-state index in [9.17, 15) is 18.0 Å². The first-order valence-electron chi connectivity index (χ1n) is 6.29. The minimum atomic E-state index is -3.43. The van der Waals surface area contributed by atoms with Crippen molar-refractivity contribution in [3.8, 4) is 0 Å². The van der Waals surface area contributed by atoms with Crippen LogP contribution in [0.5, 0.6) is 0 Å². The van der Waals surface area contributed by atoms with Crippen molar-refractivity contribution < 1.29 is 23.1 Å². The first kappa shape index (κ1) is 15.4. The highest BCUT2D eigenvalue weighted by Gasteiger charge is 2.36. The second-order valence-electron chi connectivity index (χ2n) is 4.84. The molecule has 1 aliphatic rings. The zero-order valence-corrected chi connectivity index (χ0v) is 12.2. The Morgan fingerprint density at radius 2 is 2.24 bits per heavy atom. The Labute approximate surface area is 121 Å². The molecule has 0 spiro atoms. The van der Waals surface area contributed by atoms with Crippen LogP contribution in [0.2, 0.25) is 0 Å². The summed E-state index contributed by atoms with van der Waals surface area (Å²) in [4.78, 5) is 22.7. The van der Waals surface area contributed by atoms with Crippen LogP contribution in [0, 0.1) is 0 Å². The average Bonchev–Trinajstić information content (AvgIpc) is 2.96. The molecule has 0 radical (unpaired) electrons. The number of carboxylic acids is 1. The third-order valence-corrected chi connectivity index (χ3v) is 4.42. The number of rotatable bonds is 5. The number of amides is 1. The van der Waals surface area contributed by atoms with Crippen LogP contribution in [0.25, 0.3) is 0 Å². The van der Waals surface area contributed by atoms with E-state index >= 15 is 0 Å². The fourth-order valence-electron chi connectivity index (χ4n) is 2.28. The predicted molar refractivity (Wildman–Crippen MR) is 73.1 cm³/mol. The lowest BCUT2D eigenvalue weighted by molar-refractivity contribution is -0.137. The molecular formula is C11H16N4O5S. The SMILES string of the molecule is CS(=O)(=O)N1CCCC1C(=O)Nc1cnn(CC(=O)O)c1. The highest BCUT2D eigenvalue weighted by Crippen LogP contribution is 2.21. The monoisotopic (exact) mass is 316 g/mol. The summed E-state index contributed by atoms with van der Waals surface area (Å²) in [7, 11) is -3.43.